The molecule has 0 aromatic heterocycles. The van der Waals surface area contributed by atoms with E-state index >= 15 is 0 Å². The van der Waals surface area contributed by atoms with Crippen molar-refractivity contribution in [2.75, 3.05) is 19.7 Å². The molecule has 1 aromatic carbocycles. The van der Waals surface area contributed by atoms with Gasteiger partial charge in [0, 0.05) is 38.1 Å². The summed E-state index contributed by atoms with van der Waals surface area (Å²) in [6.07, 6.45) is 3.07. The quantitative estimate of drug-likeness (QED) is 0.872. The van der Waals surface area contributed by atoms with Crippen LogP contribution in [0.5, 0.6) is 0 Å². The van der Waals surface area contributed by atoms with Crippen LogP contribution < -0.4 is 5.32 Å². The molecule has 5 heteroatoms. The Balaban J connectivity index is 1.37. The molecule has 1 saturated heterocycles. The lowest BCUT2D eigenvalue weighted by Crippen LogP contribution is -2.63. The molecule has 3 atom stereocenters. The van der Waals surface area contributed by atoms with Gasteiger partial charge in [0.05, 0.1) is 18.2 Å². The number of benzene rings is 1. The largest absolute Gasteiger partial charge is 0.392 e. The number of piperidine rings is 1. The van der Waals surface area contributed by atoms with Crippen molar-refractivity contribution >= 4 is 5.91 Å². The molecule has 1 spiro atoms. The van der Waals surface area contributed by atoms with E-state index in [0.717, 1.165) is 45.3 Å². The monoisotopic (exact) mass is 344 g/mol. The van der Waals surface area contributed by atoms with Gasteiger partial charge in [0.1, 0.15) is 0 Å². The second-order valence-electron chi connectivity index (χ2n) is 7.66. The van der Waals surface area contributed by atoms with Gasteiger partial charge in [0.2, 0.25) is 5.91 Å². The maximum atomic E-state index is 12.9. The molecule has 2 N–H and O–H groups in total. The van der Waals surface area contributed by atoms with Crippen molar-refractivity contribution in [3.63, 3.8) is 0 Å². The summed E-state index contributed by atoms with van der Waals surface area (Å²) in [5, 5.41) is 13.7. The molecule has 1 saturated carbocycles. The maximum Gasteiger partial charge on any atom is 0.240 e. The van der Waals surface area contributed by atoms with Crippen molar-refractivity contribution in [1.82, 2.24) is 10.2 Å². The number of ether oxygens (including phenoxy) is 1. The van der Waals surface area contributed by atoms with E-state index in [4.69, 9.17) is 4.74 Å². The number of hydrogen-bond donors (Lipinski definition) is 2. The highest BCUT2D eigenvalue weighted by molar-refractivity contribution is 5.82. The third kappa shape index (κ3) is 2.88. The van der Waals surface area contributed by atoms with E-state index in [0.29, 0.717) is 6.61 Å². The number of fused-ring (bicyclic) bond motifs is 1. The third-order valence-electron chi connectivity index (χ3n) is 6.50. The van der Waals surface area contributed by atoms with Crippen LogP contribution in [0.1, 0.15) is 37.3 Å². The first-order valence-corrected chi connectivity index (χ1v) is 9.52. The molecule has 0 unspecified atom stereocenters. The fourth-order valence-corrected chi connectivity index (χ4v) is 4.81. The van der Waals surface area contributed by atoms with Crippen LogP contribution in [0, 0.1) is 5.41 Å². The molecule has 1 amide bonds. The SMILES string of the molecule is CCO[C@@H]1C[C@H](O)C12CCN(C(=O)[C@@H]1Cc3ccccc3CN1)CC2. The maximum absolute atomic E-state index is 12.9. The second-order valence-corrected chi connectivity index (χ2v) is 7.66. The van der Waals surface area contributed by atoms with Gasteiger partial charge in [-0.2, -0.15) is 0 Å². The van der Waals surface area contributed by atoms with E-state index in [1.165, 1.54) is 11.1 Å². The summed E-state index contributed by atoms with van der Waals surface area (Å²) in [7, 11) is 0. The van der Waals surface area contributed by atoms with Crippen molar-refractivity contribution in [3.05, 3.63) is 35.4 Å². The lowest BCUT2D eigenvalue weighted by Gasteiger charge is -2.56. The van der Waals surface area contributed by atoms with E-state index in [1.54, 1.807) is 0 Å². The van der Waals surface area contributed by atoms with Gasteiger partial charge in [-0.1, -0.05) is 24.3 Å². The van der Waals surface area contributed by atoms with E-state index in [1.807, 2.05) is 24.0 Å². The summed E-state index contributed by atoms with van der Waals surface area (Å²) in [6, 6.07) is 8.21. The number of carbonyl (C=O) groups is 1. The Bertz CT molecular complexity index is 638. The van der Waals surface area contributed by atoms with Crippen molar-refractivity contribution in [3.8, 4) is 0 Å². The molecule has 25 heavy (non-hydrogen) atoms. The smallest absolute Gasteiger partial charge is 0.240 e. The fourth-order valence-electron chi connectivity index (χ4n) is 4.81. The molecule has 136 valence electrons. The standard InChI is InChI=1S/C20H28N2O3/c1-2-25-18-12-17(23)20(18)7-9-22(10-8-20)19(24)16-11-14-5-3-4-6-15(14)13-21-16/h3-6,16-18,21,23H,2,7-13H2,1H3/t16-,17-,18+/m0/s1. The zero-order chi connectivity index (χ0) is 17.4. The highest BCUT2D eigenvalue weighted by Crippen LogP contribution is 2.51. The van der Waals surface area contributed by atoms with Gasteiger partial charge in [-0.25, -0.2) is 0 Å². The van der Waals surface area contributed by atoms with Gasteiger partial charge in [0.15, 0.2) is 0 Å². The zero-order valence-corrected chi connectivity index (χ0v) is 14.9. The van der Waals surface area contributed by atoms with Crippen molar-refractivity contribution in [2.24, 2.45) is 5.41 Å². The van der Waals surface area contributed by atoms with Gasteiger partial charge in [-0.15, -0.1) is 0 Å². The Morgan fingerprint density at radius 2 is 2.04 bits per heavy atom. The van der Waals surface area contributed by atoms with E-state index in [9.17, 15) is 9.90 Å². The Kier molecular flexibility index (Phi) is 4.56. The van der Waals surface area contributed by atoms with Crippen LogP contribution in [0.2, 0.25) is 0 Å². The first-order valence-electron chi connectivity index (χ1n) is 9.52. The number of rotatable bonds is 3. The minimum absolute atomic E-state index is 0.126. The summed E-state index contributed by atoms with van der Waals surface area (Å²) in [5.74, 6) is 0.200. The molecule has 2 heterocycles. The predicted octanol–water partition coefficient (Wildman–Crippen LogP) is 1.48. The topological polar surface area (TPSA) is 61.8 Å². The molecule has 1 aliphatic carbocycles. The predicted molar refractivity (Wildman–Crippen MR) is 95.1 cm³/mol. The van der Waals surface area contributed by atoms with Crippen LogP contribution in [0.25, 0.3) is 0 Å². The summed E-state index contributed by atoms with van der Waals surface area (Å²) in [6.45, 7) is 4.89. The van der Waals surface area contributed by atoms with E-state index in [2.05, 4.69) is 17.4 Å². The van der Waals surface area contributed by atoms with Gasteiger partial charge >= 0.3 is 0 Å². The lowest BCUT2D eigenvalue weighted by atomic mass is 9.58. The zero-order valence-electron chi connectivity index (χ0n) is 14.9. The minimum atomic E-state index is -0.277. The highest BCUT2D eigenvalue weighted by atomic mass is 16.5. The van der Waals surface area contributed by atoms with Gasteiger partial charge in [-0.3, -0.25) is 4.79 Å². The molecule has 0 radical (unpaired) electrons. The summed E-state index contributed by atoms with van der Waals surface area (Å²) in [5.41, 5.74) is 2.44. The molecular formula is C20H28N2O3. The average molecular weight is 344 g/mol. The lowest BCUT2D eigenvalue weighted by molar-refractivity contribution is -0.210. The Labute approximate surface area is 149 Å². The number of hydrogen-bond acceptors (Lipinski definition) is 4. The molecular weight excluding hydrogens is 316 g/mol. The summed E-state index contributed by atoms with van der Waals surface area (Å²) >= 11 is 0. The van der Waals surface area contributed by atoms with Crippen molar-refractivity contribution in [2.45, 2.75) is 57.4 Å². The highest BCUT2D eigenvalue weighted by Gasteiger charge is 2.56. The fraction of sp³-hybridized carbons (Fsp3) is 0.650. The number of carbonyl (C=O) groups excluding carboxylic acids is 1. The third-order valence-corrected chi connectivity index (χ3v) is 6.50. The number of amides is 1. The first-order chi connectivity index (χ1) is 12.1. The number of nitrogens with one attached hydrogen (secondary N) is 1. The van der Waals surface area contributed by atoms with E-state index in [-0.39, 0.29) is 29.6 Å². The molecule has 0 bridgehead atoms. The number of aliphatic hydroxyl groups excluding tert-OH is 1. The molecule has 2 fully saturated rings. The molecule has 3 aliphatic rings. The van der Waals surface area contributed by atoms with Gasteiger partial charge in [-0.05, 0) is 37.3 Å². The molecule has 1 aromatic rings. The van der Waals surface area contributed by atoms with Crippen molar-refractivity contribution < 1.29 is 14.6 Å². The Hall–Kier alpha value is -1.43. The Morgan fingerprint density at radius 3 is 2.72 bits per heavy atom. The van der Waals surface area contributed by atoms with Crippen LogP contribution in [-0.4, -0.2) is 53.9 Å². The van der Waals surface area contributed by atoms with E-state index < -0.39 is 0 Å². The van der Waals surface area contributed by atoms with Crippen molar-refractivity contribution in [1.29, 1.82) is 0 Å². The Morgan fingerprint density at radius 1 is 1.32 bits per heavy atom. The number of nitrogens with zero attached hydrogens (tertiary/aromatic N) is 1. The normalized spacial score (nSPS) is 30.6. The van der Waals surface area contributed by atoms with Crippen LogP contribution >= 0.6 is 0 Å². The van der Waals surface area contributed by atoms with Gasteiger partial charge < -0.3 is 20.1 Å². The number of aliphatic hydroxyl groups is 1. The molecule has 5 nitrogen and oxygen atoms in total. The summed E-state index contributed by atoms with van der Waals surface area (Å²) in [4.78, 5) is 14.9. The van der Waals surface area contributed by atoms with Crippen LogP contribution in [0.3, 0.4) is 0 Å². The van der Waals surface area contributed by atoms with Crippen LogP contribution in [0.4, 0.5) is 0 Å². The van der Waals surface area contributed by atoms with Gasteiger partial charge in [0.25, 0.3) is 0 Å². The second kappa shape index (κ2) is 6.71. The van der Waals surface area contributed by atoms with Crippen LogP contribution in [0.15, 0.2) is 24.3 Å². The minimum Gasteiger partial charge on any atom is -0.392 e. The number of likely N-dealkylation sites (tertiary alicyclic amines) is 1. The average Bonchev–Trinajstić information content (AvgIpc) is 2.67. The van der Waals surface area contributed by atoms with Crippen LogP contribution in [-0.2, 0) is 22.5 Å². The molecule has 4 rings (SSSR count). The first kappa shape index (κ1) is 17.0. The summed E-state index contributed by atoms with van der Waals surface area (Å²) < 4.78 is 5.82. The molecule has 2 aliphatic heterocycles.